The largest absolute Gasteiger partial charge is 0.340 e. The Balaban J connectivity index is 2.29. The molecule has 0 atom stereocenters. The highest BCUT2D eigenvalue weighted by atomic mass is 16.2. The number of amides is 1. The molecule has 3 nitrogen and oxygen atoms in total. The van der Waals surface area contributed by atoms with Crippen molar-refractivity contribution < 1.29 is 4.79 Å². The quantitative estimate of drug-likeness (QED) is 0.537. The normalized spacial score (nSPS) is 17.8. The van der Waals surface area contributed by atoms with Crippen molar-refractivity contribution in [3.8, 4) is 11.8 Å². The van der Waals surface area contributed by atoms with Gasteiger partial charge < -0.3 is 4.90 Å². The second kappa shape index (κ2) is 4.88. The standard InChI is InChI=1S/C10H16N2O/c1-3-4-5-11-6-8-12(9-7-11)10(2)13/h5-9H2,1-2H3. The molecule has 0 aromatic rings. The fourth-order valence-corrected chi connectivity index (χ4v) is 1.41. The molecule has 3 heteroatoms. The van der Waals surface area contributed by atoms with Gasteiger partial charge in [-0.25, -0.2) is 0 Å². The summed E-state index contributed by atoms with van der Waals surface area (Å²) in [5.74, 6) is 6.09. The first-order chi connectivity index (χ1) is 6.24. The molecule has 0 aromatic carbocycles. The molecule has 1 aliphatic rings. The summed E-state index contributed by atoms with van der Waals surface area (Å²) >= 11 is 0. The Hall–Kier alpha value is -1.01. The van der Waals surface area contributed by atoms with Gasteiger partial charge in [-0.15, -0.1) is 5.92 Å². The third kappa shape index (κ3) is 3.08. The Morgan fingerprint density at radius 2 is 1.92 bits per heavy atom. The molecule has 0 spiro atoms. The van der Waals surface area contributed by atoms with Crippen LogP contribution in [0, 0.1) is 11.8 Å². The van der Waals surface area contributed by atoms with Gasteiger partial charge in [0.05, 0.1) is 6.54 Å². The third-order valence-electron chi connectivity index (χ3n) is 2.30. The van der Waals surface area contributed by atoms with Crippen LogP contribution in [0.3, 0.4) is 0 Å². The van der Waals surface area contributed by atoms with Gasteiger partial charge in [0.25, 0.3) is 0 Å². The molecule has 0 aromatic heterocycles. The van der Waals surface area contributed by atoms with E-state index in [0.29, 0.717) is 0 Å². The smallest absolute Gasteiger partial charge is 0.219 e. The number of hydrogen-bond donors (Lipinski definition) is 0. The molecule has 0 unspecified atom stereocenters. The van der Waals surface area contributed by atoms with Crippen LogP contribution < -0.4 is 0 Å². The van der Waals surface area contributed by atoms with Crippen molar-refractivity contribution in [3.63, 3.8) is 0 Å². The number of rotatable bonds is 1. The van der Waals surface area contributed by atoms with Crippen LogP contribution in [0.1, 0.15) is 13.8 Å². The lowest BCUT2D eigenvalue weighted by molar-refractivity contribution is -0.130. The van der Waals surface area contributed by atoms with E-state index in [4.69, 9.17) is 0 Å². The number of carbonyl (C=O) groups is 1. The second-order valence-electron chi connectivity index (χ2n) is 3.21. The molecule has 1 saturated heterocycles. The minimum absolute atomic E-state index is 0.182. The lowest BCUT2D eigenvalue weighted by Gasteiger charge is -2.32. The number of carbonyl (C=O) groups excluding carboxylic acids is 1. The predicted octanol–water partition coefficient (Wildman–Crippen LogP) is 0.174. The van der Waals surface area contributed by atoms with Crippen molar-refractivity contribution in [2.45, 2.75) is 13.8 Å². The maximum Gasteiger partial charge on any atom is 0.219 e. The van der Waals surface area contributed by atoms with E-state index in [9.17, 15) is 4.79 Å². The number of hydrogen-bond acceptors (Lipinski definition) is 2. The minimum atomic E-state index is 0.182. The van der Waals surface area contributed by atoms with Crippen LogP contribution in [0.4, 0.5) is 0 Å². The van der Waals surface area contributed by atoms with Gasteiger partial charge in [-0.2, -0.15) is 0 Å². The zero-order chi connectivity index (χ0) is 9.68. The Bertz CT molecular complexity index is 231. The first-order valence-corrected chi connectivity index (χ1v) is 4.61. The summed E-state index contributed by atoms with van der Waals surface area (Å²) in [7, 11) is 0. The van der Waals surface area contributed by atoms with Crippen LogP contribution in [0.5, 0.6) is 0 Å². The molecular weight excluding hydrogens is 164 g/mol. The minimum Gasteiger partial charge on any atom is -0.340 e. The van der Waals surface area contributed by atoms with E-state index in [1.165, 1.54) is 0 Å². The van der Waals surface area contributed by atoms with Crippen molar-refractivity contribution in [2.75, 3.05) is 32.7 Å². The van der Waals surface area contributed by atoms with Gasteiger partial charge in [0, 0.05) is 33.1 Å². The van der Waals surface area contributed by atoms with Crippen LogP contribution in [0.2, 0.25) is 0 Å². The lowest BCUT2D eigenvalue weighted by Crippen LogP contribution is -2.47. The molecular formula is C10H16N2O. The zero-order valence-corrected chi connectivity index (χ0v) is 8.34. The van der Waals surface area contributed by atoms with Gasteiger partial charge in [-0.3, -0.25) is 9.69 Å². The zero-order valence-electron chi connectivity index (χ0n) is 8.34. The molecule has 1 heterocycles. The summed E-state index contributed by atoms with van der Waals surface area (Å²) in [6.45, 7) is 7.92. The van der Waals surface area contributed by atoms with Gasteiger partial charge in [0.2, 0.25) is 5.91 Å². The highest BCUT2D eigenvalue weighted by Gasteiger charge is 2.17. The fraction of sp³-hybridized carbons (Fsp3) is 0.700. The van der Waals surface area contributed by atoms with Crippen LogP contribution >= 0.6 is 0 Å². The molecule has 1 amide bonds. The molecule has 0 N–H and O–H groups in total. The topological polar surface area (TPSA) is 23.6 Å². The fourth-order valence-electron chi connectivity index (χ4n) is 1.41. The average Bonchev–Trinajstić information content (AvgIpc) is 2.15. The summed E-state index contributed by atoms with van der Waals surface area (Å²) in [4.78, 5) is 15.2. The molecule has 1 rings (SSSR count). The van der Waals surface area contributed by atoms with E-state index in [0.717, 1.165) is 32.7 Å². The van der Waals surface area contributed by atoms with Crippen molar-refractivity contribution in [3.05, 3.63) is 0 Å². The lowest BCUT2D eigenvalue weighted by atomic mass is 10.3. The molecule has 0 radical (unpaired) electrons. The van der Waals surface area contributed by atoms with Gasteiger partial charge >= 0.3 is 0 Å². The predicted molar refractivity (Wildman–Crippen MR) is 52.1 cm³/mol. The third-order valence-corrected chi connectivity index (χ3v) is 2.30. The molecule has 13 heavy (non-hydrogen) atoms. The van der Waals surface area contributed by atoms with Gasteiger partial charge in [0.1, 0.15) is 0 Å². The second-order valence-corrected chi connectivity index (χ2v) is 3.21. The summed E-state index contributed by atoms with van der Waals surface area (Å²) in [5.41, 5.74) is 0. The van der Waals surface area contributed by atoms with E-state index in [-0.39, 0.29) is 5.91 Å². The molecule has 1 fully saturated rings. The van der Waals surface area contributed by atoms with E-state index in [1.807, 2.05) is 11.8 Å². The first kappa shape index (κ1) is 10.1. The Morgan fingerprint density at radius 1 is 1.31 bits per heavy atom. The van der Waals surface area contributed by atoms with Gasteiger partial charge in [-0.05, 0) is 6.92 Å². The number of nitrogens with zero attached hydrogens (tertiary/aromatic N) is 2. The average molecular weight is 180 g/mol. The Kier molecular flexibility index (Phi) is 3.78. The monoisotopic (exact) mass is 180 g/mol. The van der Waals surface area contributed by atoms with Crippen molar-refractivity contribution >= 4 is 5.91 Å². The van der Waals surface area contributed by atoms with Gasteiger partial charge in [-0.1, -0.05) is 5.92 Å². The summed E-state index contributed by atoms with van der Waals surface area (Å²) < 4.78 is 0. The highest BCUT2D eigenvalue weighted by molar-refractivity contribution is 5.73. The van der Waals surface area contributed by atoms with E-state index < -0.39 is 0 Å². The SMILES string of the molecule is CC#CCN1CCN(C(C)=O)CC1. The van der Waals surface area contributed by atoms with E-state index >= 15 is 0 Å². The van der Waals surface area contributed by atoms with E-state index in [2.05, 4.69) is 16.7 Å². The molecule has 0 aliphatic carbocycles. The van der Waals surface area contributed by atoms with Crippen molar-refractivity contribution in [1.29, 1.82) is 0 Å². The summed E-state index contributed by atoms with van der Waals surface area (Å²) in [6.07, 6.45) is 0. The van der Waals surface area contributed by atoms with Crippen molar-refractivity contribution in [2.24, 2.45) is 0 Å². The van der Waals surface area contributed by atoms with Crippen LogP contribution in [-0.4, -0.2) is 48.4 Å². The van der Waals surface area contributed by atoms with Crippen LogP contribution in [0.25, 0.3) is 0 Å². The summed E-state index contributed by atoms with van der Waals surface area (Å²) in [5, 5.41) is 0. The van der Waals surface area contributed by atoms with Crippen LogP contribution in [-0.2, 0) is 4.79 Å². The Labute approximate surface area is 79.7 Å². The van der Waals surface area contributed by atoms with Gasteiger partial charge in [0.15, 0.2) is 0 Å². The first-order valence-electron chi connectivity index (χ1n) is 4.61. The highest BCUT2D eigenvalue weighted by Crippen LogP contribution is 2.00. The Morgan fingerprint density at radius 3 is 2.38 bits per heavy atom. The molecule has 72 valence electrons. The van der Waals surface area contributed by atoms with Crippen molar-refractivity contribution in [1.82, 2.24) is 9.80 Å². The number of piperazine rings is 1. The maximum absolute atomic E-state index is 11.0. The van der Waals surface area contributed by atoms with E-state index in [1.54, 1.807) is 6.92 Å². The summed E-state index contributed by atoms with van der Waals surface area (Å²) in [6, 6.07) is 0. The molecule has 0 bridgehead atoms. The molecule has 0 saturated carbocycles. The van der Waals surface area contributed by atoms with Crippen LogP contribution in [0.15, 0.2) is 0 Å². The molecule has 1 aliphatic heterocycles. The maximum atomic E-state index is 11.0.